The van der Waals surface area contributed by atoms with E-state index < -0.39 is 5.91 Å². The van der Waals surface area contributed by atoms with E-state index in [-0.39, 0.29) is 33.9 Å². The van der Waals surface area contributed by atoms with Crippen LogP contribution in [0.4, 0.5) is 11.6 Å². The molecule has 5 rings (SSSR count). The number of hydrogen-bond acceptors (Lipinski definition) is 10. The Bertz CT molecular complexity index is 1350. The molecule has 0 unspecified atom stereocenters. The number of nitrogens with zero attached hydrogens (tertiary/aromatic N) is 5. The van der Waals surface area contributed by atoms with E-state index in [4.69, 9.17) is 27.6 Å². The van der Waals surface area contributed by atoms with Gasteiger partial charge in [0, 0.05) is 37.6 Å². The van der Waals surface area contributed by atoms with Gasteiger partial charge in [-0.15, -0.1) is 0 Å². The van der Waals surface area contributed by atoms with E-state index >= 15 is 0 Å². The van der Waals surface area contributed by atoms with Crippen LogP contribution in [0.2, 0.25) is 5.15 Å². The van der Waals surface area contributed by atoms with Crippen molar-refractivity contribution in [2.24, 2.45) is 4.99 Å². The molecule has 0 radical (unpaired) electrons. The largest absolute Gasteiger partial charge is 0.382 e. The number of carbonyl (C=O) groups excluding carboxylic acids is 2. The molecule has 0 saturated carbocycles. The minimum absolute atomic E-state index is 0.0509. The maximum Gasteiger partial charge on any atom is 0.280 e. The summed E-state index contributed by atoms with van der Waals surface area (Å²) in [5, 5.41) is 9.96. The molecule has 2 aliphatic heterocycles. The number of likely N-dealkylation sites (tertiary alicyclic amines) is 1. The van der Waals surface area contributed by atoms with Crippen molar-refractivity contribution in [3.8, 4) is 11.3 Å². The number of piperidine rings is 1. The lowest BCUT2D eigenvalue weighted by Crippen LogP contribution is -2.57. The third kappa shape index (κ3) is 5.33. The maximum atomic E-state index is 12.8. The summed E-state index contributed by atoms with van der Waals surface area (Å²) >= 11 is 5.87. The van der Waals surface area contributed by atoms with Crippen LogP contribution in [0.15, 0.2) is 45.9 Å². The number of aliphatic imine (C=N–C) groups is 1. The van der Waals surface area contributed by atoms with Crippen LogP contribution in [-0.2, 0) is 11.2 Å². The van der Waals surface area contributed by atoms with Crippen molar-refractivity contribution in [1.82, 2.24) is 30.7 Å². The Morgan fingerprint density at radius 1 is 1.14 bits per heavy atom. The summed E-state index contributed by atoms with van der Waals surface area (Å²) in [6.07, 6.45) is 2.21. The highest BCUT2D eigenvalue weighted by atomic mass is 35.5. The van der Waals surface area contributed by atoms with Gasteiger partial charge < -0.3 is 26.2 Å². The SMILES string of the molecule is Nc1nc(N)c(C(=O)NC2=NCC3(CCN(C(=O)CCc4cc(-c5ccccc5)no4)CC3)N2)nc1Cl. The molecule has 6 N–H and O–H groups in total. The van der Waals surface area contributed by atoms with E-state index in [9.17, 15) is 9.59 Å². The van der Waals surface area contributed by atoms with Crippen molar-refractivity contribution in [3.05, 3.63) is 53.0 Å². The lowest BCUT2D eigenvalue weighted by molar-refractivity contribution is -0.132. The van der Waals surface area contributed by atoms with Crippen LogP contribution in [0.25, 0.3) is 11.3 Å². The molecule has 2 amide bonds. The van der Waals surface area contributed by atoms with Gasteiger partial charge in [0.1, 0.15) is 11.5 Å². The van der Waals surface area contributed by atoms with Crippen molar-refractivity contribution in [2.45, 2.75) is 31.2 Å². The molecule has 1 fully saturated rings. The standard InChI is InChI=1S/C24H26ClN9O3/c25-19-21(27)30-20(26)18(29-19)22(36)31-23-28-13-24(32-23)8-10-34(11-9-24)17(35)7-6-15-12-16(33-37-15)14-4-2-1-3-5-14/h1-5,12H,6-11,13H2,(H4,26,27,30)(H2,28,31,32,36). The number of rotatable bonds is 5. The maximum absolute atomic E-state index is 12.8. The number of aryl methyl sites for hydroxylation is 1. The van der Waals surface area contributed by atoms with Gasteiger partial charge in [0.05, 0.1) is 12.1 Å². The van der Waals surface area contributed by atoms with Crippen LogP contribution < -0.4 is 22.1 Å². The first-order valence-corrected chi connectivity index (χ1v) is 12.2. The fourth-order valence-electron chi connectivity index (χ4n) is 4.44. The first-order valence-electron chi connectivity index (χ1n) is 11.8. The van der Waals surface area contributed by atoms with Crippen LogP contribution >= 0.6 is 11.6 Å². The average molecular weight is 524 g/mol. The highest BCUT2D eigenvalue weighted by Gasteiger charge is 2.40. The van der Waals surface area contributed by atoms with Crippen molar-refractivity contribution >= 4 is 41.0 Å². The van der Waals surface area contributed by atoms with Gasteiger partial charge in [0.15, 0.2) is 28.4 Å². The molecule has 0 bridgehead atoms. The minimum atomic E-state index is -0.592. The summed E-state index contributed by atoms with van der Waals surface area (Å²) < 4.78 is 5.42. The van der Waals surface area contributed by atoms with Crippen LogP contribution in [0.3, 0.4) is 0 Å². The molecule has 4 heterocycles. The number of nitrogens with one attached hydrogen (secondary N) is 2. The Balaban J connectivity index is 1.09. The van der Waals surface area contributed by atoms with Gasteiger partial charge in [0.2, 0.25) is 5.91 Å². The predicted molar refractivity (Wildman–Crippen MR) is 138 cm³/mol. The Hall–Kier alpha value is -4.19. The number of halogens is 1. The van der Waals surface area contributed by atoms with E-state index in [0.29, 0.717) is 57.0 Å². The smallest absolute Gasteiger partial charge is 0.280 e. The number of carbonyl (C=O) groups is 2. The normalized spacial score (nSPS) is 16.4. The topological polar surface area (TPSA) is 178 Å². The Morgan fingerprint density at radius 2 is 1.89 bits per heavy atom. The first kappa shape index (κ1) is 24.5. The van der Waals surface area contributed by atoms with E-state index in [0.717, 1.165) is 11.3 Å². The van der Waals surface area contributed by atoms with Crippen molar-refractivity contribution < 1.29 is 14.1 Å². The van der Waals surface area contributed by atoms with Gasteiger partial charge in [0.25, 0.3) is 5.91 Å². The van der Waals surface area contributed by atoms with Crippen LogP contribution in [0.5, 0.6) is 0 Å². The third-order valence-electron chi connectivity index (χ3n) is 6.56. The fourth-order valence-corrected chi connectivity index (χ4v) is 4.56. The summed E-state index contributed by atoms with van der Waals surface area (Å²) in [5.41, 5.74) is 12.6. The zero-order valence-corrected chi connectivity index (χ0v) is 20.7. The number of aromatic nitrogens is 3. The monoisotopic (exact) mass is 523 g/mol. The molecule has 0 atom stereocenters. The zero-order valence-electron chi connectivity index (χ0n) is 19.9. The number of nitrogen functional groups attached to an aromatic ring is 2. The van der Waals surface area contributed by atoms with Gasteiger partial charge in [-0.2, -0.15) is 0 Å². The number of amides is 2. The predicted octanol–water partition coefficient (Wildman–Crippen LogP) is 1.63. The van der Waals surface area contributed by atoms with Crippen LogP contribution in [-0.4, -0.2) is 63.0 Å². The molecular formula is C24H26ClN9O3. The first-order chi connectivity index (χ1) is 17.8. The number of guanidine groups is 1. The summed E-state index contributed by atoms with van der Waals surface area (Å²) in [7, 11) is 0. The Labute approximate surface area is 217 Å². The fraction of sp³-hybridized carbons (Fsp3) is 0.333. The summed E-state index contributed by atoms with van der Waals surface area (Å²) in [6, 6.07) is 11.6. The molecule has 1 spiro atoms. The second-order valence-electron chi connectivity index (χ2n) is 9.08. The molecule has 2 aromatic heterocycles. The average Bonchev–Trinajstić information content (AvgIpc) is 3.53. The molecule has 37 heavy (non-hydrogen) atoms. The molecular weight excluding hydrogens is 498 g/mol. The molecule has 12 nitrogen and oxygen atoms in total. The lowest BCUT2D eigenvalue weighted by atomic mass is 9.88. The van der Waals surface area contributed by atoms with Crippen molar-refractivity contribution in [1.29, 1.82) is 0 Å². The Kier molecular flexibility index (Phi) is 6.66. The number of hydrogen-bond donors (Lipinski definition) is 4. The molecule has 1 saturated heterocycles. The number of nitrogens with two attached hydrogens (primary N) is 2. The highest BCUT2D eigenvalue weighted by molar-refractivity contribution is 6.31. The number of anilines is 2. The van der Waals surface area contributed by atoms with Gasteiger partial charge in [-0.05, 0) is 12.8 Å². The van der Waals surface area contributed by atoms with Gasteiger partial charge in [-0.25, -0.2) is 9.97 Å². The molecule has 3 aromatic rings. The van der Waals surface area contributed by atoms with Crippen molar-refractivity contribution in [3.63, 3.8) is 0 Å². The summed E-state index contributed by atoms with van der Waals surface area (Å²) in [4.78, 5) is 39.4. The van der Waals surface area contributed by atoms with E-state index in [1.807, 2.05) is 41.3 Å². The van der Waals surface area contributed by atoms with Crippen LogP contribution in [0, 0.1) is 0 Å². The van der Waals surface area contributed by atoms with E-state index in [2.05, 4.69) is 30.8 Å². The van der Waals surface area contributed by atoms with Crippen molar-refractivity contribution in [2.75, 3.05) is 31.1 Å². The second kappa shape index (κ2) is 10.1. The van der Waals surface area contributed by atoms with E-state index in [1.54, 1.807) is 0 Å². The van der Waals surface area contributed by atoms with Crippen LogP contribution in [0.1, 0.15) is 35.5 Å². The quantitative estimate of drug-likeness (QED) is 0.386. The third-order valence-corrected chi connectivity index (χ3v) is 6.84. The zero-order chi connectivity index (χ0) is 26.0. The minimum Gasteiger partial charge on any atom is -0.382 e. The van der Waals surface area contributed by atoms with Gasteiger partial charge in [-0.1, -0.05) is 47.1 Å². The molecule has 1 aromatic carbocycles. The molecule has 13 heteroatoms. The molecule has 192 valence electrons. The lowest BCUT2D eigenvalue weighted by Gasteiger charge is -2.39. The highest BCUT2D eigenvalue weighted by Crippen LogP contribution is 2.27. The molecule has 2 aliphatic rings. The van der Waals surface area contributed by atoms with Gasteiger partial charge >= 0.3 is 0 Å². The number of benzene rings is 1. The Morgan fingerprint density at radius 3 is 2.65 bits per heavy atom. The summed E-state index contributed by atoms with van der Waals surface area (Å²) in [6.45, 7) is 1.65. The van der Waals surface area contributed by atoms with E-state index in [1.165, 1.54) is 0 Å². The van der Waals surface area contributed by atoms with Gasteiger partial charge in [-0.3, -0.25) is 19.9 Å². The summed E-state index contributed by atoms with van der Waals surface area (Å²) in [5.74, 6) is 0.296. The molecule has 0 aliphatic carbocycles. The second-order valence-corrected chi connectivity index (χ2v) is 9.44.